The zero-order valence-electron chi connectivity index (χ0n) is 13.0. The number of fused-ring (bicyclic) bond motifs is 1. The SMILES string of the molecule is COC(=O)CCCN(C)C(=O)Cc1cccc2ccccc12. The van der Waals surface area contributed by atoms with Gasteiger partial charge in [-0.05, 0) is 22.8 Å². The topological polar surface area (TPSA) is 46.6 Å². The van der Waals surface area contributed by atoms with Crippen molar-refractivity contribution in [2.75, 3.05) is 20.7 Å². The highest BCUT2D eigenvalue weighted by atomic mass is 16.5. The predicted molar refractivity (Wildman–Crippen MR) is 86.5 cm³/mol. The molecule has 0 fully saturated rings. The predicted octanol–water partition coefficient (Wildman–Crippen LogP) is 2.79. The van der Waals surface area contributed by atoms with Gasteiger partial charge >= 0.3 is 5.97 Å². The maximum absolute atomic E-state index is 12.3. The first-order chi connectivity index (χ1) is 10.6. The van der Waals surface area contributed by atoms with Crippen LogP contribution in [0, 0.1) is 0 Å². The summed E-state index contributed by atoms with van der Waals surface area (Å²) in [5.41, 5.74) is 1.03. The average Bonchev–Trinajstić information content (AvgIpc) is 2.54. The van der Waals surface area contributed by atoms with Gasteiger partial charge in [-0.3, -0.25) is 9.59 Å². The Bertz CT molecular complexity index is 661. The lowest BCUT2D eigenvalue weighted by Crippen LogP contribution is -2.29. The van der Waals surface area contributed by atoms with Crippen LogP contribution >= 0.6 is 0 Å². The largest absolute Gasteiger partial charge is 0.469 e. The number of nitrogens with zero attached hydrogens (tertiary/aromatic N) is 1. The maximum atomic E-state index is 12.3. The molecule has 2 aromatic rings. The molecular weight excluding hydrogens is 278 g/mol. The van der Waals surface area contributed by atoms with E-state index in [2.05, 4.69) is 4.74 Å². The van der Waals surface area contributed by atoms with E-state index in [1.54, 1.807) is 11.9 Å². The van der Waals surface area contributed by atoms with Gasteiger partial charge in [-0.1, -0.05) is 42.5 Å². The number of hydrogen-bond donors (Lipinski definition) is 0. The van der Waals surface area contributed by atoms with Crippen molar-refractivity contribution in [1.29, 1.82) is 0 Å². The summed E-state index contributed by atoms with van der Waals surface area (Å²) in [6, 6.07) is 14.1. The summed E-state index contributed by atoms with van der Waals surface area (Å²) < 4.78 is 4.59. The molecule has 0 radical (unpaired) electrons. The third-order valence-corrected chi connectivity index (χ3v) is 3.75. The number of hydrogen-bond acceptors (Lipinski definition) is 3. The fourth-order valence-electron chi connectivity index (χ4n) is 2.43. The summed E-state index contributed by atoms with van der Waals surface area (Å²) in [5.74, 6) is -0.184. The van der Waals surface area contributed by atoms with Gasteiger partial charge in [0.2, 0.25) is 5.91 Å². The molecule has 0 unspecified atom stereocenters. The van der Waals surface area contributed by atoms with Crippen molar-refractivity contribution in [3.63, 3.8) is 0 Å². The fraction of sp³-hybridized carbons (Fsp3) is 0.333. The first kappa shape index (κ1) is 16.0. The van der Waals surface area contributed by atoms with Crippen LogP contribution in [0.2, 0.25) is 0 Å². The smallest absolute Gasteiger partial charge is 0.305 e. The third kappa shape index (κ3) is 4.07. The number of likely N-dealkylation sites (N-methyl/N-ethyl adjacent to an activating group) is 1. The van der Waals surface area contributed by atoms with Crippen LogP contribution in [0.15, 0.2) is 42.5 Å². The monoisotopic (exact) mass is 299 g/mol. The Morgan fingerprint density at radius 1 is 1.09 bits per heavy atom. The molecule has 2 aromatic carbocycles. The van der Waals surface area contributed by atoms with Gasteiger partial charge in [0.15, 0.2) is 0 Å². The first-order valence-corrected chi connectivity index (χ1v) is 7.39. The lowest BCUT2D eigenvalue weighted by Gasteiger charge is -2.17. The zero-order valence-corrected chi connectivity index (χ0v) is 13.0. The Kier molecular flexibility index (Phi) is 5.53. The second-order valence-electron chi connectivity index (χ2n) is 5.31. The average molecular weight is 299 g/mol. The Balaban J connectivity index is 1.97. The van der Waals surface area contributed by atoms with Crippen LogP contribution in [-0.2, 0) is 20.7 Å². The summed E-state index contributed by atoms with van der Waals surface area (Å²) in [6.07, 6.45) is 1.32. The lowest BCUT2D eigenvalue weighted by molar-refractivity contribution is -0.141. The Labute approximate surface area is 130 Å². The Morgan fingerprint density at radius 3 is 2.59 bits per heavy atom. The van der Waals surface area contributed by atoms with Gasteiger partial charge in [-0.25, -0.2) is 0 Å². The Morgan fingerprint density at radius 2 is 1.82 bits per heavy atom. The van der Waals surface area contributed by atoms with Gasteiger partial charge < -0.3 is 9.64 Å². The molecule has 0 spiro atoms. The van der Waals surface area contributed by atoms with Crippen molar-refractivity contribution in [2.24, 2.45) is 0 Å². The number of rotatable bonds is 6. The molecule has 0 aromatic heterocycles. The number of carbonyl (C=O) groups excluding carboxylic acids is 2. The zero-order chi connectivity index (χ0) is 15.9. The number of ether oxygens (including phenoxy) is 1. The van der Waals surface area contributed by atoms with Crippen molar-refractivity contribution < 1.29 is 14.3 Å². The number of benzene rings is 2. The molecule has 0 N–H and O–H groups in total. The molecule has 1 amide bonds. The van der Waals surface area contributed by atoms with E-state index >= 15 is 0 Å². The van der Waals surface area contributed by atoms with Crippen molar-refractivity contribution in [2.45, 2.75) is 19.3 Å². The highest BCUT2D eigenvalue weighted by molar-refractivity contribution is 5.90. The van der Waals surface area contributed by atoms with E-state index in [0.29, 0.717) is 25.8 Å². The highest BCUT2D eigenvalue weighted by Gasteiger charge is 2.12. The van der Waals surface area contributed by atoms with Crippen LogP contribution in [0.1, 0.15) is 18.4 Å². The van der Waals surface area contributed by atoms with Crippen LogP contribution in [-0.4, -0.2) is 37.5 Å². The number of esters is 1. The van der Waals surface area contributed by atoms with Crippen molar-refractivity contribution >= 4 is 22.6 Å². The van der Waals surface area contributed by atoms with Gasteiger partial charge in [0.25, 0.3) is 0 Å². The molecule has 116 valence electrons. The number of carbonyl (C=O) groups is 2. The first-order valence-electron chi connectivity index (χ1n) is 7.39. The van der Waals surface area contributed by atoms with Crippen LogP contribution in [0.25, 0.3) is 10.8 Å². The van der Waals surface area contributed by atoms with Crippen molar-refractivity contribution in [3.05, 3.63) is 48.0 Å². The summed E-state index contributed by atoms with van der Waals surface area (Å²) in [6.45, 7) is 0.554. The lowest BCUT2D eigenvalue weighted by atomic mass is 10.0. The summed E-state index contributed by atoms with van der Waals surface area (Å²) in [4.78, 5) is 25.1. The number of methoxy groups -OCH3 is 1. The van der Waals surface area contributed by atoms with E-state index in [4.69, 9.17) is 0 Å². The summed E-state index contributed by atoms with van der Waals surface area (Å²) in [7, 11) is 3.14. The van der Waals surface area contributed by atoms with E-state index in [1.165, 1.54) is 7.11 Å². The molecule has 0 heterocycles. The van der Waals surface area contributed by atoms with Crippen molar-refractivity contribution in [1.82, 2.24) is 4.90 Å². The minimum atomic E-state index is -0.241. The molecule has 0 saturated carbocycles. The number of amides is 1. The van der Waals surface area contributed by atoms with Gasteiger partial charge in [-0.2, -0.15) is 0 Å². The summed E-state index contributed by atoms with van der Waals surface area (Å²) in [5, 5.41) is 2.25. The molecule has 4 heteroatoms. The second kappa shape index (κ2) is 7.59. The molecule has 0 aliphatic heterocycles. The molecule has 22 heavy (non-hydrogen) atoms. The van der Waals surface area contributed by atoms with E-state index in [0.717, 1.165) is 16.3 Å². The molecule has 0 saturated heterocycles. The van der Waals surface area contributed by atoms with Gasteiger partial charge in [0, 0.05) is 20.0 Å². The molecular formula is C18H21NO3. The van der Waals surface area contributed by atoms with Crippen LogP contribution < -0.4 is 0 Å². The summed E-state index contributed by atoms with van der Waals surface area (Å²) >= 11 is 0. The van der Waals surface area contributed by atoms with Crippen LogP contribution in [0.4, 0.5) is 0 Å². The molecule has 0 bridgehead atoms. The minimum absolute atomic E-state index is 0.0567. The normalized spacial score (nSPS) is 10.5. The van der Waals surface area contributed by atoms with Gasteiger partial charge in [-0.15, -0.1) is 0 Å². The molecule has 0 atom stereocenters. The fourth-order valence-corrected chi connectivity index (χ4v) is 2.43. The quantitative estimate of drug-likeness (QED) is 0.771. The van der Waals surface area contributed by atoms with Crippen LogP contribution in [0.5, 0.6) is 0 Å². The molecule has 0 aliphatic carbocycles. The van der Waals surface area contributed by atoms with Crippen molar-refractivity contribution in [3.8, 4) is 0 Å². The molecule has 2 rings (SSSR count). The van der Waals surface area contributed by atoms with E-state index in [1.807, 2.05) is 42.5 Å². The van der Waals surface area contributed by atoms with Gasteiger partial charge in [0.1, 0.15) is 0 Å². The van der Waals surface area contributed by atoms with Gasteiger partial charge in [0.05, 0.1) is 13.5 Å². The maximum Gasteiger partial charge on any atom is 0.305 e. The van der Waals surface area contributed by atoms with E-state index < -0.39 is 0 Å². The van der Waals surface area contributed by atoms with E-state index in [9.17, 15) is 9.59 Å². The Hall–Kier alpha value is -2.36. The van der Waals surface area contributed by atoms with E-state index in [-0.39, 0.29) is 11.9 Å². The minimum Gasteiger partial charge on any atom is -0.469 e. The molecule has 4 nitrogen and oxygen atoms in total. The van der Waals surface area contributed by atoms with Crippen LogP contribution in [0.3, 0.4) is 0 Å². The molecule has 0 aliphatic rings. The third-order valence-electron chi connectivity index (χ3n) is 3.75. The highest BCUT2D eigenvalue weighted by Crippen LogP contribution is 2.19. The standard InChI is InChI=1S/C18H21NO3/c1-19(12-6-11-18(21)22-2)17(20)13-15-9-5-8-14-7-3-4-10-16(14)15/h3-5,7-10H,6,11-13H2,1-2H3. The second-order valence-corrected chi connectivity index (χ2v) is 5.31.